The largest absolute Gasteiger partial charge is 0.384 e. The quantitative estimate of drug-likeness (QED) is 0.716. The number of pyridine rings is 1. The highest BCUT2D eigenvalue weighted by molar-refractivity contribution is 6.39. The molecule has 0 fully saturated rings. The Morgan fingerprint density at radius 1 is 1.00 bits per heavy atom. The number of benzene rings is 1. The molecule has 0 radical (unpaired) electrons. The van der Waals surface area contributed by atoms with E-state index in [2.05, 4.69) is 15.0 Å². The van der Waals surface area contributed by atoms with Crippen molar-refractivity contribution in [2.45, 2.75) is 0 Å². The lowest BCUT2D eigenvalue weighted by Gasteiger charge is -2.02. The molecular weight excluding hydrogens is 271 g/mol. The molecule has 3 rings (SSSR count). The van der Waals surface area contributed by atoms with E-state index in [1.54, 1.807) is 24.3 Å². The Bertz CT molecular complexity index is 716. The first kappa shape index (κ1) is 11.3. The van der Waals surface area contributed by atoms with Crippen LogP contribution in [0.4, 0.5) is 5.82 Å². The Morgan fingerprint density at radius 2 is 1.72 bits per heavy atom. The fourth-order valence-corrected chi connectivity index (χ4v) is 2.33. The molecule has 0 unspecified atom stereocenters. The van der Waals surface area contributed by atoms with Crippen LogP contribution in [0.25, 0.3) is 22.6 Å². The van der Waals surface area contributed by atoms with Gasteiger partial charge in [-0.05, 0) is 24.3 Å². The summed E-state index contributed by atoms with van der Waals surface area (Å²) in [5.74, 6) is 1.00. The zero-order valence-corrected chi connectivity index (χ0v) is 10.6. The van der Waals surface area contributed by atoms with Crippen molar-refractivity contribution in [3.05, 3.63) is 40.4 Å². The average molecular weight is 279 g/mol. The van der Waals surface area contributed by atoms with Crippen LogP contribution in [0.5, 0.6) is 0 Å². The van der Waals surface area contributed by atoms with Crippen LogP contribution in [0.15, 0.2) is 30.3 Å². The van der Waals surface area contributed by atoms with Gasteiger partial charge in [0.15, 0.2) is 5.65 Å². The van der Waals surface area contributed by atoms with Crippen LogP contribution in [0.1, 0.15) is 0 Å². The molecule has 0 spiro atoms. The van der Waals surface area contributed by atoms with Crippen molar-refractivity contribution >= 4 is 40.2 Å². The summed E-state index contributed by atoms with van der Waals surface area (Å²) >= 11 is 12.3. The number of imidazole rings is 1. The Labute approximate surface area is 113 Å². The zero-order valence-electron chi connectivity index (χ0n) is 9.11. The van der Waals surface area contributed by atoms with Crippen LogP contribution >= 0.6 is 23.2 Å². The van der Waals surface area contributed by atoms with Gasteiger partial charge in [-0.25, -0.2) is 9.97 Å². The number of aromatic nitrogens is 3. The zero-order chi connectivity index (χ0) is 12.7. The highest BCUT2D eigenvalue weighted by atomic mass is 35.5. The monoisotopic (exact) mass is 278 g/mol. The molecular formula is C12H8Cl2N4. The molecule has 90 valence electrons. The number of nitrogens with one attached hydrogen (secondary N) is 1. The van der Waals surface area contributed by atoms with Crippen molar-refractivity contribution in [2.24, 2.45) is 0 Å². The van der Waals surface area contributed by atoms with Crippen LogP contribution in [0.2, 0.25) is 10.0 Å². The molecule has 18 heavy (non-hydrogen) atoms. The molecule has 4 nitrogen and oxygen atoms in total. The van der Waals surface area contributed by atoms with E-state index in [4.69, 9.17) is 28.9 Å². The molecule has 0 aliphatic carbocycles. The van der Waals surface area contributed by atoms with Crippen molar-refractivity contribution in [3.63, 3.8) is 0 Å². The third-order valence-electron chi connectivity index (χ3n) is 2.57. The highest BCUT2D eigenvalue weighted by Gasteiger charge is 2.13. The molecule has 6 heteroatoms. The number of hydrogen-bond donors (Lipinski definition) is 2. The third kappa shape index (κ3) is 1.79. The molecule has 3 N–H and O–H groups in total. The number of H-pyrrole nitrogens is 1. The van der Waals surface area contributed by atoms with E-state index in [1.807, 2.05) is 6.07 Å². The fraction of sp³-hybridized carbons (Fsp3) is 0. The Hall–Kier alpha value is -1.78. The van der Waals surface area contributed by atoms with Gasteiger partial charge < -0.3 is 10.7 Å². The Morgan fingerprint density at radius 3 is 2.44 bits per heavy atom. The second kappa shape index (κ2) is 4.15. The van der Waals surface area contributed by atoms with Crippen molar-refractivity contribution in [1.82, 2.24) is 15.0 Å². The van der Waals surface area contributed by atoms with Gasteiger partial charge in [-0.15, -0.1) is 0 Å². The van der Waals surface area contributed by atoms with Gasteiger partial charge in [-0.2, -0.15) is 0 Å². The molecule has 1 aromatic carbocycles. The smallest absolute Gasteiger partial charge is 0.180 e. The van der Waals surface area contributed by atoms with E-state index in [1.165, 1.54) is 0 Å². The van der Waals surface area contributed by atoms with Crippen molar-refractivity contribution < 1.29 is 0 Å². The molecule has 2 aromatic heterocycles. The van der Waals surface area contributed by atoms with E-state index >= 15 is 0 Å². The number of rotatable bonds is 1. The second-order valence-corrected chi connectivity index (χ2v) is 4.60. The topological polar surface area (TPSA) is 67.6 Å². The van der Waals surface area contributed by atoms with Crippen LogP contribution in [0.3, 0.4) is 0 Å². The molecule has 2 heterocycles. The minimum atomic E-state index is 0.422. The normalized spacial score (nSPS) is 11.0. The molecule has 0 aliphatic rings. The number of anilines is 1. The first-order valence-corrected chi connectivity index (χ1v) is 5.97. The number of nitrogens with two attached hydrogens (primary N) is 1. The first-order valence-electron chi connectivity index (χ1n) is 5.22. The molecule has 0 aliphatic heterocycles. The van der Waals surface area contributed by atoms with Gasteiger partial charge in [0.2, 0.25) is 0 Å². The predicted octanol–water partition coefficient (Wildman–Crippen LogP) is 3.51. The minimum absolute atomic E-state index is 0.422. The number of halogens is 2. The van der Waals surface area contributed by atoms with Crippen LogP contribution in [-0.4, -0.2) is 15.0 Å². The predicted molar refractivity (Wildman–Crippen MR) is 73.8 cm³/mol. The minimum Gasteiger partial charge on any atom is -0.384 e. The maximum absolute atomic E-state index is 6.13. The van der Waals surface area contributed by atoms with Crippen molar-refractivity contribution in [2.75, 3.05) is 5.73 Å². The highest BCUT2D eigenvalue weighted by Crippen LogP contribution is 2.33. The van der Waals surface area contributed by atoms with Crippen molar-refractivity contribution in [3.8, 4) is 11.4 Å². The van der Waals surface area contributed by atoms with Gasteiger partial charge in [0.05, 0.1) is 21.1 Å². The van der Waals surface area contributed by atoms with Gasteiger partial charge in [0, 0.05) is 0 Å². The molecule has 0 saturated heterocycles. The van der Waals surface area contributed by atoms with Gasteiger partial charge in [0.1, 0.15) is 11.6 Å². The maximum atomic E-state index is 6.13. The lowest BCUT2D eigenvalue weighted by Crippen LogP contribution is -1.88. The van der Waals surface area contributed by atoms with Crippen LogP contribution < -0.4 is 5.73 Å². The van der Waals surface area contributed by atoms with Crippen LogP contribution in [-0.2, 0) is 0 Å². The summed E-state index contributed by atoms with van der Waals surface area (Å²) in [6, 6.07) is 8.83. The molecule has 0 bridgehead atoms. The Balaban J connectivity index is 2.26. The summed E-state index contributed by atoms with van der Waals surface area (Å²) in [5.41, 5.74) is 7.61. The molecule has 0 atom stereocenters. The first-order chi connectivity index (χ1) is 8.65. The molecule has 0 amide bonds. The summed E-state index contributed by atoms with van der Waals surface area (Å²) < 4.78 is 0. The van der Waals surface area contributed by atoms with Gasteiger partial charge in [-0.1, -0.05) is 29.3 Å². The third-order valence-corrected chi connectivity index (χ3v) is 3.20. The van der Waals surface area contributed by atoms with Crippen LogP contribution in [0, 0.1) is 0 Å². The lowest BCUT2D eigenvalue weighted by atomic mass is 10.2. The second-order valence-electron chi connectivity index (χ2n) is 3.79. The van der Waals surface area contributed by atoms with Gasteiger partial charge in [0.25, 0.3) is 0 Å². The summed E-state index contributed by atoms with van der Waals surface area (Å²) in [6.45, 7) is 0. The average Bonchev–Trinajstić information content (AvgIpc) is 2.71. The van der Waals surface area contributed by atoms with Gasteiger partial charge in [-0.3, -0.25) is 0 Å². The number of aromatic amines is 1. The number of nitrogens with zero attached hydrogens (tertiary/aromatic N) is 2. The van der Waals surface area contributed by atoms with E-state index in [0.29, 0.717) is 32.9 Å². The van der Waals surface area contributed by atoms with Gasteiger partial charge >= 0.3 is 0 Å². The number of fused-ring (bicyclic) bond motifs is 1. The van der Waals surface area contributed by atoms with Crippen molar-refractivity contribution in [1.29, 1.82) is 0 Å². The van der Waals surface area contributed by atoms with E-state index in [9.17, 15) is 0 Å². The lowest BCUT2D eigenvalue weighted by molar-refractivity contribution is 1.30. The van der Waals surface area contributed by atoms with E-state index < -0.39 is 0 Å². The molecule has 3 aromatic rings. The number of hydrogen-bond acceptors (Lipinski definition) is 3. The summed E-state index contributed by atoms with van der Waals surface area (Å²) in [4.78, 5) is 11.6. The number of nitrogen functional groups attached to an aromatic ring is 1. The maximum Gasteiger partial charge on any atom is 0.180 e. The van der Waals surface area contributed by atoms with E-state index in [-0.39, 0.29) is 0 Å². The van der Waals surface area contributed by atoms with E-state index in [0.717, 1.165) is 5.52 Å². The summed E-state index contributed by atoms with van der Waals surface area (Å²) in [7, 11) is 0. The molecule has 0 saturated carbocycles. The summed E-state index contributed by atoms with van der Waals surface area (Å²) in [5, 5.41) is 1.07. The fourth-order valence-electron chi connectivity index (χ4n) is 1.75. The Kier molecular flexibility index (Phi) is 2.61. The SMILES string of the molecule is Nc1ccc2[nH]c(-c3c(Cl)cccc3Cl)nc2n1. The standard InChI is InChI=1S/C12H8Cl2N4/c13-6-2-1-3-7(14)10(6)12-16-8-4-5-9(15)17-11(8)18-12/h1-5H,(H3,15,16,17,18). The summed E-state index contributed by atoms with van der Waals surface area (Å²) in [6.07, 6.45) is 0.